The number of hydrogen-bond acceptors (Lipinski definition) is 4. The molecule has 1 saturated heterocycles. The van der Waals surface area contributed by atoms with Gasteiger partial charge in [-0.2, -0.15) is 0 Å². The molecule has 0 N–H and O–H groups in total. The third-order valence-electron chi connectivity index (χ3n) is 3.44. The zero-order valence-corrected chi connectivity index (χ0v) is 12.2. The number of allylic oxidation sites excluding steroid dienone is 1. The van der Waals surface area contributed by atoms with Gasteiger partial charge >= 0.3 is 13.1 Å². The zero-order valence-electron chi connectivity index (χ0n) is 12.2. The topological polar surface area (TPSA) is 44.8 Å². The Kier molecular flexibility index (Phi) is 4.62. The van der Waals surface area contributed by atoms with Gasteiger partial charge in [0.15, 0.2) is 0 Å². The maximum atomic E-state index is 11.9. The summed E-state index contributed by atoms with van der Waals surface area (Å²) in [5.41, 5.74) is -0.438. The van der Waals surface area contributed by atoms with Crippen LogP contribution in [-0.2, 0) is 18.8 Å². The first-order chi connectivity index (χ1) is 8.25. The van der Waals surface area contributed by atoms with E-state index in [9.17, 15) is 4.79 Å². The van der Waals surface area contributed by atoms with Crippen LogP contribution in [0.5, 0.6) is 0 Å². The fraction of sp³-hybridized carbons (Fsp3) is 0.769. The molecule has 1 heterocycles. The third kappa shape index (κ3) is 2.95. The van der Waals surface area contributed by atoms with E-state index in [0.29, 0.717) is 12.1 Å². The molecule has 0 aromatic rings. The molecule has 1 rings (SSSR count). The van der Waals surface area contributed by atoms with Gasteiger partial charge in [0.25, 0.3) is 0 Å². The second kappa shape index (κ2) is 5.45. The molecule has 1 aliphatic rings. The number of ether oxygens (including phenoxy) is 1. The zero-order chi connectivity index (χ0) is 14.0. The lowest BCUT2D eigenvalue weighted by atomic mass is 9.77. The number of rotatable bonds is 4. The molecule has 102 valence electrons. The van der Waals surface area contributed by atoms with Crippen molar-refractivity contribution in [1.82, 2.24) is 0 Å². The minimum atomic E-state index is -0.644. The maximum absolute atomic E-state index is 11.9. The molecular formula is C13H23BO4. The monoisotopic (exact) mass is 254 g/mol. The van der Waals surface area contributed by atoms with E-state index in [1.165, 1.54) is 0 Å². The Morgan fingerprint density at radius 3 is 2.06 bits per heavy atom. The summed E-state index contributed by atoms with van der Waals surface area (Å²) < 4.78 is 16.7. The van der Waals surface area contributed by atoms with Crippen LogP contribution >= 0.6 is 0 Å². The van der Waals surface area contributed by atoms with Crippen LogP contribution in [0.2, 0.25) is 0 Å². The normalized spacial score (nSPS) is 22.1. The summed E-state index contributed by atoms with van der Waals surface area (Å²) >= 11 is 0. The number of carbonyl (C=O) groups excluding carboxylic acids is 1. The number of hydrogen-bond donors (Lipinski definition) is 0. The van der Waals surface area contributed by atoms with E-state index in [4.69, 9.17) is 14.0 Å². The van der Waals surface area contributed by atoms with E-state index >= 15 is 0 Å². The second-order valence-corrected chi connectivity index (χ2v) is 5.38. The van der Waals surface area contributed by atoms with Crippen LogP contribution in [-0.4, -0.2) is 30.9 Å². The largest absolute Gasteiger partial charge is 0.502 e. The minimum absolute atomic E-state index is 0.347. The average molecular weight is 254 g/mol. The van der Waals surface area contributed by atoms with Gasteiger partial charge in [-0.15, -0.1) is 0 Å². The van der Waals surface area contributed by atoms with Crippen molar-refractivity contribution in [2.24, 2.45) is 0 Å². The van der Waals surface area contributed by atoms with Gasteiger partial charge in [0.05, 0.1) is 23.3 Å². The van der Waals surface area contributed by atoms with E-state index in [1.54, 1.807) is 13.0 Å². The first kappa shape index (κ1) is 15.3. The molecule has 0 saturated carbocycles. The van der Waals surface area contributed by atoms with Crippen LogP contribution in [0.1, 0.15) is 48.0 Å². The standard InChI is InChI=1S/C13H23BO4/c1-7-9-10(11(15)16-8-2)14-17-12(3,4)13(5,6)18-14/h9H,7-8H2,1-6H3/b10-9+. The Bertz CT molecular complexity index is 331. The predicted octanol–water partition coefficient (Wildman–Crippen LogP) is 2.52. The van der Waals surface area contributed by atoms with E-state index in [1.807, 2.05) is 34.6 Å². The first-order valence-corrected chi connectivity index (χ1v) is 6.48. The second-order valence-electron chi connectivity index (χ2n) is 5.38. The third-order valence-corrected chi connectivity index (χ3v) is 3.44. The molecule has 0 unspecified atom stereocenters. The quantitative estimate of drug-likeness (QED) is 0.439. The number of carbonyl (C=O) groups is 1. The van der Waals surface area contributed by atoms with Crippen molar-refractivity contribution in [1.29, 1.82) is 0 Å². The van der Waals surface area contributed by atoms with E-state index < -0.39 is 18.3 Å². The fourth-order valence-electron chi connectivity index (χ4n) is 1.68. The summed E-state index contributed by atoms with van der Waals surface area (Å²) in [6, 6.07) is 0. The van der Waals surface area contributed by atoms with Crippen LogP contribution in [0, 0.1) is 0 Å². The van der Waals surface area contributed by atoms with E-state index in [2.05, 4.69) is 0 Å². The summed E-state index contributed by atoms with van der Waals surface area (Å²) in [5.74, 6) is -0.363. The molecule has 5 heteroatoms. The lowest BCUT2D eigenvalue weighted by Gasteiger charge is -2.32. The van der Waals surface area contributed by atoms with Gasteiger partial charge in [0, 0.05) is 0 Å². The molecule has 4 nitrogen and oxygen atoms in total. The van der Waals surface area contributed by atoms with Crippen LogP contribution in [0.25, 0.3) is 0 Å². The van der Waals surface area contributed by atoms with Gasteiger partial charge < -0.3 is 14.0 Å². The highest BCUT2D eigenvalue weighted by molar-refractivity contribution is 6.61. The molecule has 0 amide bonds. The Morgan fingerprint density at radius 2 is 1.67 bits per heavy atom. The SMILES string of the molecule is CC/C=C(/B1OC(C)(C)C(C)(C)O1)C(=O)OCC. The Hall–Kier alpha value is -0.805. The summed E-state index contributed by atoms with van der Waals surface area (Å²) in [6.45, 7) is 11.9. The summed E-state index contributed by atoms with van der Waals surface area (Å²) in [5, 5.41) is 0. The highest BCUT2D eigenvalue weighted by Crippen LogP contribution is 2.38. The molecule has 0 spiro atoms. The van der Waals surface area contributed by atoms with Crippen molar-refractivity contribution >= 4 is 13.1 Å². The van der Waals surface area contributed by atoms with Crippen molar-refractivity contribution < 1.29 is 18.8 Å². The molecule has 0 aliphatic carbocycles. The molecular weight excluding hydrogens is 231 g/mol. The van der Waals surface area contributed by atoms with Gasteiger partial charge in [-0.1, -0.05) is 13.0 Å². The number of esters is 1. The van der Waals surface area contributed by atoms with Gasteiger partial charge in [-0.05, 0) is 41.0 Å². The van der Waals surface area contributed by atoms with Crippen molar-refractivity contribution in [3.8, 4) is 0 Å². The first-order valence-electron chi connectivity index (χ1n) is 6.48. The molecule has 0 aromatic carbocycles. The highest BCUT2D eigenvalue weighted by atomic mass is 16.7. The van der Waals surface area contributed by atoms with Gasteiger partial charge in [-0.25, -0.2) is 4.79 Å². The van der Waals surface area contributed by atoms with Gasteiger partial charge in [0.1, 0.15) is 0 Å². The van der Waals surface area contributed by atoms with Crippen molar-refractivity contribution in [2.75, 3.05) is 6.61 Å². The van der Waals surface area contributed by atoms with E-state index in [-0.39, 0.29) is 5.97 Å². The highest BCUT2D eigenvalue weighted by Gasteiger charge is 2.53. The lowest BCUT2D eigenvalue weighted by Crippen LogP contribution is -2.41. The van der Waals surface area contributed by atoms with Crippen LogP contribution < -0.4 is 0 Å². The van der Waals surface area contributed by atoms with E-state index in [0.717, 1.165) is 6.42 Å². The van der Waals surface area contributed by atoms with Crippen molar-refractivity contribution in [2.45, 2.75) is 59.2 Å². The molecule has 1 aliphatic heterocycles. The fourth-order valence-corrected chi connectivity index (χ4v) is 1.68. The summed E-state index contributed by atoms with van der Waals surface area (Å²) in [6.07, 6.45) is 2.54. The molecule has 1 fully saturated rings. The van der Waals surface area contributed by atoms with Crippen molar-refractivity contribution in [3.63, 3.8) is 0 Å². The van der Waals surface area contributed by atoms with Crippen molar-refractivity contribution in [3.05, 3.63) is 11.5 Å². The van der Waals surface area contributed by atoms with Crippen LogP contribution in [0.4, 0.5) is 0 Å². The Balaban J connectivity index is 2.92. The van der Waals surface area contributed by atoms with Gasteiger partial charge in [-0.3, -0.25) is 0 Å². The summed E-state index contributed by atoms with van der Waals surface area (Å²) in [4.78, 5) is 11.9. The average Bonchev–Trinajstić information content (AvgIpc) is 2.44. The van der Waals surface area contributed by atoms with Crippen LogP contribution in [0.3, 0.4) is 0 Å². The Labute approximate surface area is 110 Å². The Morgan fingerprint density at radius 1 is 1.17 bits per heavy atom. The molecule has 0 radical (unpaired) electrons. The van der Waals surface area contributed by atoms with Crippen LogP contribution in [0.15, 0.2) is 11.5 Å². The molecule has 0 atom stereocenters. The lowest BCUT2D eigenvalue weighted by molar-refractivity contribution is -0.138. The molecule has 18 heavy (non-hydrogen) atoms. The van der Waals surface area contributed by atoms with Gasteiger partial charge in [0.2, 0.25) is 0 Å². The predicted molar refractivity (Wildman–Crippen MR) is 71.1 cm³/mol. The smallest absolute Gasteiger partial charge is 0.463 e. The molecule has 0 bridgehead atoms. The summed E-state index contributed by atoms with van der Waals surface area (Å²) in [7, 11) is -0.644. The maximum Gasteiger partial charge on any atom is 0.502 e. The molecule has 0 aromatic heterocycles. The minimum Gasteiger partial charge on any atom is -0.463 e.